The Labute approximate surface area is 186 Å². The number of hydrogen-bond acceptors (Lipinski definition) is 1. The Morgan fingerprint density at radius 2 is 1.27 bits per heavy atom. The molecular weight excluding hydrogens is 394 g/mol. The van der Waals surface area contributed by atoms with Crippen LogP contribution in [0.1, 0.15) is 34.6 Å². The van der Waals surface area contributed by atoms with Gasteiger partial charge in [-0.2, -0.15) is 0 Å². The van der Waals surface area contributed by atoms with Crippen molar-refractivity contribution in [3.8, 4) is 0 Å². The van der Waals surface area contributed by atoms with Crippen LogP contribution in [0.2, 0.25) is 24.7 Å². The maximum Gasteiger partial charge on any atom is 0.197 e. The largest absolute Gasteiger partial charge is 0.352 e. The van der Waals surface area contributed by atoms with E-state index in [1.807, 2.05) is 0 Å². The number of rotatable bonds is 6. The molecule has 1 nitrogen and oxygen atoms in total. The standard InChI is InChI=1S/C27H39NSi2/c1-22(2)23-19-20-27(21-23,26(3,4)5)30(28-29(6,7)8,24-15-11-9-12-16-24)25-17-13-10-14-18-25/h9-22,28H,1-8H3. The Morgan fingerprint density at radius 1 is 0.800 bits per heavy atom. The lowest BCUT2D eigenvalue weighted by molar-refractivity contribution is 0.349. The van der Waals surface area contributed by atoms with E-state index < -0.39 is 16.5 Å². The van der Waals surface area contributed by atoms with Crippen LogP contribution in [-0.4, -0.2) is 16.5 Å². The summed E-state index contributed by atoms with van der Waals surface area (Å²) in [4.78, 5) is 0. The van der Waals surface area contributed by atoms with Gasteiger partial charge in [-0.1, -0.05) is 133 Å². The molecular formula is C27H39NSi2. The number of hydrogen-bond donors (Lipinski definition) is 1. The van der Waals surface area contributed by atoms with E-state index in [9.17, 15) is 0 Å². The Bertz CT molecular complexity index is 875. The van der Waals surface area contributed by atoms with Gasteiger partial charge in [-0.25, -0.2) is 0 Å². The van der Waals surface area contributed by atoms with Gasteiger partial charge in [-0.3, -0.25) is 0 Å². The summed E-state index contributed by atoms with van der Waals surface area (Å²) < 4.78 is 4.43. The summed E-state index contributed by atoms with van der Waals surface area (Å²) in [6, 6.07) is 22.6. The highest BCUT2D eigenvalue weighted by atomic mass is 28.4. The van der Waals surface area contributed by atoms with E-state index in [0.29, 0.717) is 5.92 Å². The molecule has 3 rings (SSSR count). The SMILES string of the molecule is CC(C)C1=CC(C(C)(C)C)([Si](N[Si](C)(C)C)(c2ccccc2)c2ccccc2)C=C1. The third-order valence-electron chi connectivity index (χ3n) is 6.44. The first-order valence-electron chi connectivity index (χ1n) is 11.3. The molecule has 2 aromatic rings. The lowest BCUT2D eigenvalue weighted by Gasteiger charge is -2.55. The molecule has 0 spiro atoms. The minimum absolute atomic E-state index is 0.0602. The van der Waals surface area contributed by atoms with Gasteiger partial charge in [0.2, 0.25) is 0 Å². The second-order valence-corrected chi connectivity index (χ2v) is 20.1. The van der Waals surface area contributed by atoms with E-state index in [2.05, 4.69) is 138 Å². The maximum absolute atomic E-state index is 4.43. The molecule has 0 aromatic heterocycles. The minimum Gasteiger partial charge on any atom is -0.352 e. The lowest BCUT2D eigenvalue weighted by Crippen LogP contribution is -2.80. The first-order valence-corrected chi connectivity index (χ1v) is 16.8. The summed E-state index contributed by atoms with van der Waals surface area (Å²) in [5, 5.41) is 2.88. The normalized spacial score (nSPS) is 20.0. The van der Waals surface area contributed by atoms with Crippen molar-refractivity contribution in [3.63, 3.8) is 0 Å². The number of allylic oxidation sites excluding steroid dienone is 4. The number of nitrogens with one attached hydrogen (secondary N) is 1. The molecule has 0 saturated carbocycles. The highest BCUT2D eigenvalue weighted by Crippen LogP contribution is 2.58. The summed E-state index contributed by atoms with van der Waals surface area (Å²) in [7, 11) is -4.13. The lowest BCUT2D eigenvalue weighted by atomic mass is 9.80. The fourth-order valence-corrected chi connectivity index (χ4v) is 16.0. The fourth-order valence-electron chi connectivity index (χ4n) is 5.04. The summed E-state index contributed by atoms with van der Waals surface area (Å²) in [5.74, 6) is 0.524. The summed E-state index contributed by atoms with van der Waals surface area (Å²) in [5.41, 5.74) is 1.52. The minimum atomic E-state index is -2.47. The third kappa shape index (κ3) is 3.95. The fraction of sp³-hybridized carbons (Fsp3) is 0.407. The molecule has 2 aromatic carbocycles. The molecule has 0 fully saturated rings. The van der Waals surface area contributed by atoms with E-state index in [-0.39, 0.29) is 10.5 Å². The van der Waals surface area contributed by atoms with Crippen molar-refractivity contribution in [1.29, 1.82) is 0 Å². The quantitative estimate of drug-likeness (QED) is 0.542. The molecule has 160 valence electrons. The molecule has 1 atom stereocenters. The van der Waals surface area contributed by atoms with Gasteiger partial charge in [-0.15, -0.1) is 0 Å². The van der Waals surface area contributed by atoms with Crippen molar-refractivity contribution in [1.82, 2.24) is 4.65 Å². The molecule has 1 N–H and O–H groups in total. The average Bonchev–Trinajstić information content (AvgIpc) is 3.14. The van der Waals surface area contributed by atoms with Gasteiger partial charge >= 0.3 is 0 Å². The molecule has 0 bridgehead atoms. The monoisotopic (exact) mass is 433 g/mol. The summed E-state index contributed by atoms with van der Waals surface area (Å²) >= 11 is 0. The van der Waals surface area contributed by atoms with Crippen LogP contribution in [0.4, 0.5) is 0 Å². The van der Waals surface area contributed by atoms with Crippen LogP contribution < -0.4 is 15.0 Å². The van der Waals surface area contributed by atoms with Gasteiger partial charge in [0.1, 0.15) is 8.24 Å². The highest BCUT2D eigenvalue weighted by Gasteiger charge is 2.61. The van der Waals surface area contributed by atoms with Crippen molar-refractivity contribution in [2.24, 2.45) is 11.3 Å². The van der Waals surface area contributed by atoms with E-state index in [1.165, 1.54) is 15.9 Å². The molecule has 1 aliphatic rings. The van der Waals surface area contributed by atoms with Gasteiger partial charge in [0, 0.05) is 5.04 Å². The Kier molecular flexibility index (Phi) is 6.21. The van der Waals surface area contributed by atoms with Crippen LogP contribution in [0.5, 0.6) is 0 Å². The predicted octanol–water partition coefficient (Wildman–Crippen LogP) is 6.11. The van der Waals surface area contributed by atoms with Crippen molar-refractivity contribution < 1.29 is 0 Å². The van der Waals surface area contributed by atoms with Crippen LogP contribution in [0.15, 0.2) is 84.5 Å². The van der Waals surface area contributed by atoms with Gasteiger partial charge in [0.05, 0.1) is 0 Å². The van der Waals surface area contributed by atoms with Crippen LogP contribution in [-0.2, 0) is 0 Å². The van der Waals surface area contributed by atoms with Crippen molar-refractivity contribution in [2.75, 3.05) is 0 Å². The van der Waals surface area contributed by atoms with E-state index in [0.717, 1.165) is 0 Å². The van der Waals surface area contributed by atoms with Gasteiger partial charge in [-0.05, 0) is 27.3 Å². The molecule has 0 saturated heterocycles. The molecule has 0 heterocycles. The molecule has 3 heteroatoms. The zero-order chi connectivity index (χ0) is 22.2. The van der Waals surface area contributed by atoms with E-state index >= 15 is 0 Å². The first-order chi connectivity index (χ1) is 13.9. The molecule has 0 aliphatic heterocycles. The second kappa shape index (κ2) is 8.10. The van der Waals surface area contributed by atoms with Gasteiger partial charge in [0.15, 0.2) is 8.24 Å². The van der Waals surface area contributed by atoms with Gasteiger partial charge in [0.25, 0.3) is 0 Å². The smallest absolute Gasteiger partial charge is 0.197 e. The Hall–Kier alpha value is -1.69. The molecule has 0 radical (unpaired) electrons. The molecule has 0 amide bonds. The summed E-state index contributed by atoms with van der Waals surface area (Å²) in [6.45, 7) is 19.3. The van der Waals surface area contributed by atoms with Crippen molar-refractivity contribution >= 4 is 26.8 Å². The third-order valence-corrected chi connectivity index (χ3v) is 15.6. The van der Waals surface area contributed by atoms with Crippen LogP contribution in [0.3, 0.4) is 0 Å². The maximum atomic E-state index is 4.43. The zero-order valence-corrected chi connectivity index (χ0v) is 22.1. The average molecular weight is 434 g/mol. The number of benzene rings is 2. The van der Waals surface area contributed by atoms with E-state index in [4.69, 9.17) is 0 Å². The Balaban J connectivity index is 2.48. The van der Waals surface area contributed by atoms with Crippen LogP contribution >= 0.6 is 0 Å². The summed E-state index contributed by atoms with van der Waals surface area (Å²) in [6.07, 6.45) is 7.61. The van der Waals surface area contributed by atoms with Crippen molar-refractivity contribution in [2.45, 2.75) is 59.3 Å². The van der Waals surface area contributed by atoms with E-state index in [1.54, 1.807) is 0 Å². The molecule has 1 unspecified atom stereocenters. The Morgan fingerprint density at radius 3 is 1.60 bits per heavy atom. The first kappa shape index (κ1) is 23.0. The molecule has 30 heavy (non-hydrogen) atoms. The van der Waals surface area contributed by atoms with Crippen molar-refractivity contribution in [3.05, 3.63) is 84.5 Å². The van der Waals surface area contributed by atoms with Gasteiger partial charge < -0.3 is 4.65 Å². The highest BCUT2D eigenvalue weighted by molar-refractivity contribution is 7.09. The van der Waals surface area contributed by atoms with Crippen LogP contribution in [0, 0.1) is 11.3 Å². The second-order valence-electron chi connectivity index (χ2n) is 11.1. The topological polar surface area (TPSA) is 12.0 Å². The molecule has 1 aliphatic carbocycles. The zero-order valence-electron chi connectivity index (χ0n) is 20.1. The van der Waals surface area contributed by atoms with Crippen LogP contribution in [0.25, 0.3) is 0 Å². The predicted molar refractivity (Wildman–Crippen MR) is 139 cm³/mol.